The number of carbonyl (C=O) groups excluding carboxylic acids is 1. The fraction of sp³-hybridized carbons (Fsp3) is 0.211. The Morgan fingerprint density at radius 1 is 1.19 bits per heavy atom. The lowest BCUT2D eigenvalue weighted by molar-refractivity contribution is 0.0980. The second-order valence-electron chi connectivity index (χ2n) is 5.80. The summed E-state index contributed by atoms with van der Waals surface area (Å²) in [4.78, 5) is 20.3. The molecule has 2 aromatic heterocycles. The van der Waals surface area contributed by atoms with Gasteiger partial charge < -0.3 is 4.90 Å². The van der Waals surface area contributed by atoms with E-state index in [-0.39, 0.29) is 5.78 Å². The molecule has 0 saturated heterocycles. The molecule has 0 atom stereocenters. The first-order chi connectivity index (χ1) is 12.7. The van der Waals surface area contributed by atoms with Crippen LogP contribution >= 0.6 is 0 Å². The quantitative estimate of drug-likeness (QED) is 0.611. The summed E-state index contributed by atoms with van der Waals surface area (Å²) in [7, 11) is 1.90. The molecular formula is C19H18N6O. The largest absolute Gasteiger partial charge is 0.360 e. The van der Waals surface area contributed by atoms with Gasteiger partial charge in [-0.1, -0.05) is 12.1 Å². The number of ketones is 1. The first-order valence-electron chi connectivity index (χ1n) is 8.25. The summed E-state index contributed by atoms with van der Waals surface area (Å²) >= 11 is 0. The smallest absolute Gasteiger partial charge is 0.165 e. The molecule has 0 unspecified atom stereocenters. The number of nitrogens with zero attached hydrogens (tertiary/aromatic N) is 6. The topological polar surface area (TPSA) is 87.7 Å². The number of hydrogen-bond donors (Lipinski definition) is 0. The second-order valence-corrected chi connectivity index (χ2v) is 5.80. The predicted octanol–water partition coefficient (Wildman–Crippen LogP) is 2.63. The van der Waals surface area contributed by atoms with Crippen LogP contribution in [0.3, 0.4) is 0 Å². The lowest BCUT2D eigenvalue weighted by Crippen LogP contribution is -2.20. The molecule has 0 amide bonds. The molecule has 0 aliphatic heterocycles. The van der Waals surface area contributed by atoms with Crippen LogP contribution in [-0.2, 0) is 0 Å². The van der Waals surface area contributed by atoms with Crippen LogP contribution in [0.25, 0.3) is 5.69 Å². The number of nitriles is 1. The van der Waals surface area contributed by atoms with Gasteiger partial charge in [-0.3, -0.25) is 4.79 Å². The molecule has 0 fully saturated rings. The lowest BCUT2D eigenvalue weighted by Gasteiger charge is -2.18. The average Bonchev–Trinajstić information content (AvgIpc) is 3.22. The van der Waals surface area contributed by atoms with Crippen molar-refractivity contribution >= 4 is 11.6 Å². The first kappa shape index (κ1) is 17.3. The van der Waals surface area contributed by atoms with E-state index in [9.17, 15) is 4.79 Å². The minimum atomic E-state index is 0.0463. The summed E-state index contributed by atoms with van der Waals surface area (Å²) in [6.07, 6.45) is 5.86. The molecule has 0 aliphatic carbocycles. The molecule has 0 radical (unpaired) electrons. The average molecular weight is 346 g/mol. The summed E-state index contributed by atoms with van der Waals surface area (Å²) in [5, 5.41) is 17.2. The highest BCUT2D eigenvalue weighted by molar-refractivity contribution is 5.99. The van der Waals surface area contributed by atoms with Crippen LogP contribution in [0.1, 0.15) is 28.8 Å². The van der Waals surface area contributed by atoms with Crippen LogP contribution in [0, 0.1) is 11.3 Å². The van der Waals surface area contributed by atoms with Crippen molar-refractivity contribution in [1.82, 2.24) is 20.0 Å². The van der Waals surface area contributed by atoms with Crippen LogP contribution in [0.5, 0.6) is 0 Å². The molecule has 1 aromatic carbocycles. The van der Waals surface area contributed by atoms with E-state index in [1.54, 1.807) is 36.8 Å². The number of pyridine rings is 1. The lowest BCUT2D eigenvalue weighted by atomic mass is 10.0. The number of hydrogen-bond acceptors (Lipinski definition) is 6. The maximum atomic E-state index is 12.6. The Morgan fingerprint density at radius 2 is 1.96 bits per heavy atom. The summed E-state index contributed by atoms with van der Waals surface area (Å²) in [5.41, 5.74) is 1.86. The maximum Gasteiger partial charge on any atom is 0.165 e. The van der Waals surface area contributed by atoms with Crippen molar-refractivity contribution in [3.63, 3.8) is 0 Å². The van der Waals surface area contributed by atoms with Gasteiger partial charge in [0.25, 0.3) is 0 Å². The molecule has 0 bridgehead atoms. The zero-order chi connectivity index (χ0) is 18.4. The van der Waals surface area contributed by atoms with E-state index >= 15 is 0 Å². The zero-order valence-corrected chi connectivity index (χ0v) is 14.4. The van der Waals surface area contributed by atoms with Crippen molar-refractivity contribution in [3.8, 4) is 11.8 Å². The van der Waals surface area contributed by atoms with Crippen molar-refractivity contribution in [2.75, 3.05) is 18.5 Å². The molecule has 130 valence electrons. The normalized spacial score (nSPS) is 10.3. The molecule has 7 heteroatoms. The number of Topliss-reactive ketones (excluding diaryl/α,β-unsaturated/α-hetero) is 1. The molecule has 0 aliphatic rings. The van der Waals surface area contributed by atoms with Gasteiger partial charge in [0.05, 0.1) is 29.7 Å². The molecule has 3 aromatic rings. The van der Waals surface area contributed by atoms with Gasteiger partial charge in [-0.05, 0) is 30.7 Å². The Balaban J connectivity index is 1.62. The van der Waals surface area contributed by atoms with Gasteiger partial charge in [0.2, 0.25) is 0 Å². The molecule has 0 N–H and O–H groups in total. The van der Waals surface area contributed by atoms with E-state index in [0.717, 1.165) is 5.82 Å². The van der Waals surface area contributed by atoms with Crippen LogP contribution in [0.4, 0.5) is 5.82 Å². The summed E-state index contributed by atoms with van der Waals surface area (Å²) < 4.78 is 0. The first-order valence-corrected chi connectivity index (χ1v) is 8.25. The highest BCUT2D eigenvalue weighted by Gasteiger charge is 2.13. The van der Waals surface area contributed by atoms with Crippen molar-refractivity contribution in [2.45, 2.75) is 12.8 Å². The molecular weight excluding hydrogens is 328 g/mol. The fourth-order valence-corrected chi connectivity index (χ4v) is 2.65. The predicted molar refractivity (Wildman–Crippen MR) is 97.1 cm³/mol. The molecule has 7 nitrogen and oxygen atoms in total. The van der Waals surface area contributed by atoms with Crippen LogP contribution < -0.4 is 4.90 Å². The second kappa shape index (κ2) is 8.03. The molecule has 0 saturated carbocycles. The van der Waals surface area contributed by atoms with Gasteiger partial charge in [0.1, 0.15) is 5.82 Å². The Hall–Kier alpha value is -3.53. The highest BCUT2D eigenvalue weighted by atomic mass is 16.1. The summed E-state index contributed by atoms with van der Waals surface area (Å²) in [5.74, 6) is 0.766. The number of anilines is 1. The van der Waals surface area contributed by atoms with Crippen molar-refractivity contribution in [1.29, 1.82) is 5.26 Å². The molecule has 0 spiro atoms. The molecule has 26 heavy (non-hydrogen) atoms. The third-order valence-electron chi connectivity index (χ3n) is 4.00. The van der Waals surface area contributed by atoms with E-state index in [2.05, 4.69) is 21.3 Å². The van der Waals surface area contributed by atoms with Crippen LogP contribution in [-0.4, -0.2) is 39.4 Å². The van der Waals surface area contributed by atoms with E-state index < -0.39 is 0 Å². The zero-order valence-electron chi connectivity index (χ0n) is 14.4. The summed E-state index contributed by atoms with van der Waals surface area (Å²) in [6, 6.07) is 12.8. The fourth-order valence-electron chi connectivity index (χ4n) is 2.65. The molecule has 3 rings (SSSR count). The Labute approximate surface area is 151 Å². The Kier molecular flexibility index (Phi) is 5.34. The summed E-state index contributed by atoms with van der Waals surface area (Å²) in [6.45, 7) is 0.663. The van der Waals surface area contributed by atoms with E-state index in [4.69, 9.17) is 5.26 Å². The number of carbonyl (C=O) groups is 1. The van der Waals surface area contributed by atoms with Crippen molar-refractivity contribution < 1.29 is 4.79 Å². The standard InChI is InChI=1S/C19H18N6O/c1-24(19-13-15(14-20)8-9-21-19)12-4-7-18(26)16-5-2-3-6-17(16)25-22-10-11-23-25/h2-3,5-6,8-11,13H,4,7,12H2,1H3. The maximum absolute atomic E-state index is 12.6. The SMILES string of the molecule is CN(CCCC(=O)c1ccccc1-n1nccn1)c1cc(C#N)ccn1. The van der Waals surface area contributed by atoms with Gasteiger partial charge >= 0.3 is 0 Å². The van der Waals surface area contributed by atoms with Crippen molar-refractivity contribution in [3.05, 3.63) is 66.1 Å². The third kappa shape index (κ3) is 3.92. The number of para-hydroxylation sites is 1. The highest BCUT2D eigenvalue weighted by Crippen LogP contribution is 2.16. The Morgan fingerprint density at radius 3 is 2.73 bits per heavy atom. The van der Waals surface area contributed by atoms with Crippen molar-refractivity contribution in [2.24, 2.45) is 0 Å². The monoisotopic (exact) mass is 346 g/mol. The van der Waals surface area contributed by atoms with Gasteiger partial charge in [-0.15, -0.1) is 0 Å². The number of benzene rings is 1. The third-order valence-corrected chi connectivity index (χ3v) is 4.00. The minimum Gasteiger partial charge on any atom is -0.360 e. The van der Waals surface area contributed by atoms with Gasteiger partial charge in [-0.2, -0.15) is 20.3 Å². The van der Waals surface area contributed by atoms with E-state index in [0.29, 0.717) is 36.2 Å². The Bertz CT molecular complexity index is 929. The van der Waals surface area contributed by atoms with Gasteiger partial charge in [-0.25, -0.2) is 4.98 Å². The van der Waals surface area contributed by atoms with Gasteiger partial charge in [0.15, 0.2) is 5.78 Å². The minimum absolute atomic E-state index is 0.0463. The van der Waals surface area contributed by atoms with Crippen LogP contribution in [0.15, 0.2) is 55.0 Å². The van der Waals surface area contributed by atoms with Gasteiger partial charge in [0, 0.05) is 31.8 Å². The molecule has 2 heterocycles. The number of rotatable bonds is 7. The van der Waals surface area contributed by atoms with E-state index in [1.165, 1.54) is 4.80 Å². The van der Waals surface area contributed by atoms with Crippen LogP contribution in [0.2, 0.25) is 0 Å². The number of aromatic nitrogens is 4. The van der Waals surface area contributed by atoms with E-state index in [1.807, 2.05) is 30.1 Å².